The molecular weight excluding hydrogens is 336 g/mol. The summed E-state index contributed by atoms with van der Waals surface area (Å²) >= 11 is 1.36. The van der Waals surface area contributed by atoms with Crippen molar-refractivity contribution in [2.75, 3.05) is 12.3 Å². The summed E-state index contributed by atoms with van der Waals surface area (Å²) in [6, 6.07) is 13.9. The molecule has 0 unspecified atom stereocenters. The van der Waals surface area contributed by atoms with Gasteiger partial charge in [0, 0.05) is 13.6 Å². The Labute approximate surface area is 150 Å². The minimum Gasteiger partial charge on any atom is -0.461 e. The second-order valence-corrected chi connectivity index (χ2v) is 6.51. The molecule has 3 rings (SSSR count). The molecule has 0 fully saturated rings. The predicted molar refractivity (Wildman–Crippen MR) is 97.2 cm³/mol. The van der Waals surface area contributed by atoms with Gasteiger partial charge in [-0.2, -0.15) is 0 Å². The molecule has 3 aromatic rings. The van der Waals surface area contributed by atoms with Gasteiger partial charge >= 0.3 is 0 Å². The quantitative estimate of drug-likeness (QED) is 0.496. The number of carbonyl (C=O) groups is 1. The fourth-order valence-corrected chi connectivity index (χ4v) is 3.15. The number of hydrogen-bond donors (Lipinski definition) is 1. The normalized spacial score (nSPS) is 10.8. The third-order valence-corrected chi connectivity index (χ3v) is 4.74. The monoisotopic (exact) mass is 356 g/mol. The summed E-state index contributed by atoms with van der Waals surface area (Å²) in [6.45, 7) is 0.671. The molecule has 0 aliphatic rings. The van der Waals surface area contributed by atoms with Gasteiger partial charge in [0.05, 0.1) is 12.0 Å². The highest BCUT2D eigenvalue weighted by atomic mass is 32.2. The van der Waals surface area contributed by atoms with Gasteiger partial charge in [-0.15, -0.1) is 10.2 Å². The molecule has 2 aromatic heterocycles. The maximum Gasteiger partial charge on any atom is 0.230 e. The zero-order chi connectivity index (χ0) is 17.5. The molecular formula is C18H20N4O2S. The van der Waals surface area contributed by atoms with E-state index in [-0.39, 0.29) is 5.91 Å². The van der Waals surface area contributed by atoms with Crippen molar-refractivity contribution in [3.8, 4) is 11.6 Å². The third kappa shape index (κ3) is 4.73. The number of nitrogens with zero attached hydrogens (tertiary/aromatic N) is 3. The Morgan fingerprint density at radius 1 is 1.20 bits per heavy atom. The number of amides is 1. The van der Waals surface area contributed by atoms with Crippen LogP contribution in [0.5, 0.6) is 0 Å². The minimum absolute atomic E-state index is 0.000565. The molecule has 1 aromatic carbocycles. The molecule has 0 atom stereocenters. The molecule has 130 valence electrons. The van der Waals surface area contributed by atoms with Crippen molar-refractivity contribution in [2.24, 2.45) is 7.05 Å². The van der Waals surface area contributed by atoms with Crippen molar-refractivity contribution in [3.05, 3.63) is 54.3 Å². The van der Waals surface area contributed by atoms with E-state index in [4.69, 9.17) is 4.42 Å². The van der Waals surface area contributed by atoms with E-state index < -0.39 is 0 Å². The zero-order valence-electron chi connectivity index (χ0n) is 14.0. The van der Waals surface area contributed by atoms with Crippen molar-refractivity contribution < 1.29 is 9.21 Å². The summed E-state index contributed by atoms with van der Waals surface area (Å²) in [4.78, 5) is 12.0. The van der Waals surface area contributed by atoms with Gasteiger partial charge in [-0.25, -0.2) is 0 Å². The number of hydrogen-bond acceptors (Lipinski definition) is 5. The number of nitrogens with one attached hydrogen (secondary N) is 1. The lowest BCUT2D eigenvalue weighted by molar-refractivity contribution is -0.118. The van der Waals surface area contributed by atoms with Gasteiger partial charge in [0.1, 0.15) is 0 Å². The highest BCUT2D eigenvalue weighted by Gasteiger charge is 2.14. The van der Waals surface area contributed by atoms with Crippen LogP contribution in [-0.4, -0.2) is 33.0 Å². The summed E-state index contributed by atoms with van der Waals surface area (Å²) in [5.74, 6) is 1.62. The van der Waals surface area contributed by atoms with Crippen LogP contribution in [0.2, 0.25) is 0 Å². The van der Waals surface area contributed by atoms with E-state index in [1.165, 1.54) is 17.3 Å². The maximum atomic E-state index is 12.0. The molecule has 0 radical (unpaired) electrons. The van der Waals surface area contributed by atoms with Crippen molar-refractivity contribution in [3.63, 3.8) is 0 Å². The van der Waals surface area contributed by atoms with E-state index in [0.29, 0.717) is 29.0 Å². The fourth-order valence-electron chi connectivity index (χ4n) is 2.41. The summed E-state index contributed by atoms with van der Waals surface area (Å²) < 4.78 is 7.15. The summed E-state index contributed by atoms with van der Waals surface area (Å²) in [5.41, 5.74) is 1.29. The molecule has 1 amide bonds. The summed E-state index contributed by atoms with van der Waals surface area (Å²) in [7, 11) is 1.86. The second-order valence-electron chi connectivity index (χ2n) is 5.57. The first-order valence-electron chi connectivity index (χ1n) is 8.11. The van der Waals surface area contributed by atoms with E-state index in [9.17, 15) is 4.79 Å². The van der Waals surface area contributed by atoms with Crippen LogP contribution < -0.4 is 5.32 Å². The highest BCUT2D eigenvalue weighted by Crippen LogP contribution is 2.22. The molecule has 0 saturated heterocycles. The Morgan fingerprint density at radius 2 is 2.04 bits per heavy atom. The molecule has 0 aliphatic heterocycles. The average molecular weight is 356 g/mol. The first kappa shape index (κ1) is 17.3. The van der Waals surface area contributed by atoms with Crippen LogP contribution in [0.25, 0.3) is 11.6 Å². The number of carbonyl (C=O) groups excluding carboxylic acids is 1. The van der Waals surface area contributed by atoms with Crippen LogP contribution in [0.1, 0.15) is 12.0 Å². The molecule has 0 saturated carbocycles. The van der Waals surface area contributed by atoms with Crippen LogP contribution >= 0.6 is 11.8 Å². The van der Waals surface area contributed by atoms with E-state index >= 15 is 0 Å². The Morgan fingerprint density at radius 3 is 2.80 bits per heavy atom. The molecule has 6 nitrogen and oxygen atoms in total. The summed E-state index contributed by atoms with van der Waals surface area (Å²) in [6.07, 6.45) is 3.48. The smallest absolute Gasteiger partial charge is 0.230 e. The van der Waals surface area contributed by atoms with Gasteiger partial charge < -0.3 is 14.3 Å². The minimum atomic E-state index is 0.000565. The van der Waals surface area contributed by atoms with Crippen LogP contribution in [0.4, 0.5) is 0 Å². The average Bonchev–Trinajstić information content (AvgIpc) is 3.27. The molecule has 0 spiro atoms. The van der Waals surface area contributed by atoms with E-state index in [1.807, 2.05) is 35.9 Å². The van der Waals surface area contributed by atoms with E-state index in [1.54, 1.807) is 12.3 Å². The topological polar surface area (TPSA) is 73.0 Å². The first-order chi connectivity index (χ1) is 12.2. The Bertz CT molecular complexity index is 800. The van der Waals surface area contributed by atoms with Crippen molar-refractivity contribution in [1.82, 2.24) is 20.1 Å². The molecule has 0 bridgehead atoms. The van der Waals surface area contributed by atoms with Gasteiger partial charge in [0.25, 0.3) is 0 Å². The lowest BCUT2D eigenvalue weighted by atomic mass is 10.1. The van der Waals surface area contributed by atoms with Crippen LogP contribution in [0.3, 0.4) is 0 Å². The number of thioether (sulfide) groups is 1. The molecule has 25 heavy (non-hydrogen) atoms. The Kier molecular flexibility index (Phi) is 5.90. The standard InChI is InChI=1S/C18H20N4O2S/c1-22-17(15-10-6-12-24-15)20-21-18(22)25-13-16(23)19-11-5-9-14-7-3-2-4-8-14/h2-4,6-8,10,12H,5,9,11,13H2,1H3,(H,19,23). The predicted octanol–water partition coefficient (Wildman–Crippen LogP) is 2.92. The lowest BCUT2D eigenvalue weighted by Gasteiger charge is -2.05. The number of rotatable bonds is 8. The maximum absolute atomic E-state index is 12.0. The van der Waals surface area contributed by atoms with Crippen molar-refractivity contribution in [1.29, 1.82) is 0 Å². The SMILES string of the molecule is Cn1c(SCC(=O)NCCCc2ccccc2)nnc1-c1ccco1. The Balaban J connectivity index is 1.41. The zero-order valence-corrected chi connectivity index (χ0v) is 14.8. The summed E-state index contributed by atoms with van der Waals surface area (Å²) in [5, 5.41) is 11.9. The van der Waals surface area contributed by atoms with Crippen molar-refractivity contribution in [2.45, 2.75) is 18.0 Å². The van der Waals surface area contributed by atoms with Crippen molar-refractivity contribution >= 4 is 17.7 Å². The van der Waals surface area contributed by atoms with Crippen LogP contribution in [0.15, 0.2) is 58.3 Å². The third-order valence-electron chi connectivity index (χ3n) is 3.72. The first-order valence-corrected chi connectivity index (χ1v) is 9.09. The molecule has 0 aliphatic carbocycles. The highest BCUT2D eigenvalue weighted by molar-refractivity contribution is 7.99. The number of benzene rings is 1. The number of furan rings is 1. The van der Waals surface area contributed by atoms with Gasteiger partial charge in [-0.1, -0.05) is 42.1 Å². The molecule has 1 N–H and O–H groups in total. The van der Waals surface area contributed by atoms with Gasteiger partial charge in [-0.3, -0.25) is 4.79 Å². The van der Waals surface area contributed by atoms with Gasteiger partial charge in [-0.05, 0) is 30.5 Å². The molecule has 2 heterocycles. The van der Waals surface area contributed by atoms with Gasteiger partial charge in [0.2, 0.25) is 5.91 Å². The van der Waals surface area contributed by atoms with Crippen LogP contribution in [-0.2, 0) is 18.3 Å². The number of aryl methyl sites for hydroxylation is 1. The largest absolute Gasteiger partial charge is 0.461 e. The van der Waals surface area contributed by atoms with Crippen LogP contribution in [0, 0.1) is 0 Å². The fraction of sp³-hybridized carbons (Fsp3) is 0.278. The Hall–Kier alpha value is -2.54. The van der Waals surface area contributed by atoms with E-state index in [0.717, 1.165) is 12.8 Å². The van der Waals surface area contributed by atoms with Gasteiger partial charge in [0.15, 0.2) is 16.7 Å². The lowest BCUT2D eigenvalue weighted by Crippen LogP contribution is -2.26. The number of aromatic nitrogens is 3. The molecule has 7 heteroatoms. The second kappa shape index (κ2) is 8.53. The van der Waals surface area contributed by atoms with E-state index in [2.05, 4.69) is 27.6 Å².